The summed E-state index contributed by atoms with van der Waals surface area (Å²) in [4.78, 5) is 25.1. The summed E-state index contributed by atoms with van der Waals surface area (Å²) in [6.45, 7) is 5.75. The van der Waals surface area contributed by atoms with Gasteiger partial charge in [-0.3, -0.25) is 4.90 Å². The summed E-state index contributed by atoms with van der Waals surface area (Å²) in [5, 5.41) is 9.42. The number of carbonyl (C=O) groups is 2. The lowest BCUT2D eigenvalue weighted by atomic mass is 9.97. The van der Waals surface area contributed by atoms with Gasteiger partial charge >= 0.3 is 12.1 Å². The van der Waals surface area contributed by atoms with Crippen molar-refractivity contribution in [2.75, 3.05) is 6.54 Å². The van der Waals surface area contributed by atoms with Crippen LogP contribution in [0.15, 0.2) is 24.3 Å². The Bertz CT molecular complexity index is 597. The van der Waals surface area contributed by atoms with Gasteiger partial charge in [-0.1, -0.05) is 18.2 Å². The van der Waals surface area contributed by atoms with Crippen molar-refractivity contribution in [2.45, 2.75) is 45.3 Å². The maximum Gasteiger partial charge on any atom is 0.411 e. The molecule has 1 N–H and O–H groups in total. The van der Waals surface area contributed by atoms with Crippen LogP contribution in [0.25, 0.3) is 0 Å². The zero-order chi connectivity index (χ0) is 17.2. The molecule has 1 saturated heterocycles. The van der Waals surface area contributed by atoms with Crippen molar-refractivity contribution < 1.29 is 19.4 Å². The van der Waals surface area contributed by atoms with Gasteiger partial charge in [0, 0.05) is 10.1 Å². The highest BCUT2D eigenvalue weighted by atomic mass is 127. The fraction of sp³-hybridized carbons (Fsp3) is 0.529. The summed E-state index contributed by atoms with van der Waals surface area (Å²) in [6, 6.07) is 7.23. The Morgan fingerprint density at radius 1 is 1.35 bits per heavy atom. The van der Waals surface area contributed by atoms with Crippen LogP contribution in [-0.4, -0.2) is 40.3 Å². The van der Waals surface area contributed by atoms with Crippen LogP contribution in [0.2, 0.25) is 0 Å². The van der Waals surface area contributed by atoms with Crippen LogP contribution in [0.5, 0.6) is 0 Å². The number of hydrogen-bond donors (Lipinski definition) is 1. The molecule has 0 radical (unpaired) electrons. The molecule has 1 amide bonds. The molecule has 1 aliphatic heterocycles. The Labute approximate surface area is 150 Å². The number of benzene rings is 1. The van der Waals surface area contributed by atoms with Gasteiger partial charge < -0.3 is 9.84 Å². The minimum Gasteiger partial charge on any atom is -0.480 e. The molecule has 0 saturated carbocycles. The molecule has 2 atom stereocenters. The third kappa shape index (κ3) is 4.83. The van der Waals surface area contributed by atoms with Crippen LogP contribution in [0.3, 0.4) is 0 Å². The number of carboxylic acid groups (broad SMARTS) is 1. The average molecular weight is 431 g/mol. The second kappa shape index (κ2) is 7.07. The average Bonchev–Trinajstić information content (AvgIpc) is 2.84. The predicted molar refractivity (Wildman–Crippen MR) is 95.3 cm³/mol. The lowest BCUT2D eigenvalue weighted by Crippen LogP contribution is -2.43. The number of hydrogen-bond acceptors (Lipinski definition) is 3. The monoisotopic (exact) mass is 431 g/mol. The van der Waals surface area contributed by atoms with Crippen LogP contribution in [0.4, 0.5) is 4.79 Å². The molecule has 5 nitrogen and oxygen atoms in total. The number of aliphatic carboxylic acids is 1. The van der Waals surface area contributed by atoms with E-state index in [0.717, 1.165) is 9.99 Å². The van der Waals surface area contributed by atoms with E-state index >= 15 is 0 Å². The van der Waals surface area contributed by atoms with Gasteiger partial charge in [-0.15, -0.1) is 0 Å². The molecule has 1 aromatic carbocycles. The Kier molecular flexibility index (Phi) is 5.54. The molecule has 1 fully saturated rings. The van der Waals surface area contributed by atoms with E-state index in [0.29, 0.717) is 13.0 Å². The molecule has 1 aliphatic rings. The topological polar surface area (TPSA) is 66.8 Å². The SMILES string of the molecule is CC(C)(C)OC(=O)N1C[C@H](Cc2ccccc2I)C[C@H]1C(=O)O. The molecule has 126 valence electrons. The molecule has 0 spiro atoms. The third-order valence-electron chi connectivity index (χ3n) is 3.77. The van der Waals surface area contributed by atoms with E-state index in [-0.39, 0.29) is 5.92 Å². The molecule has 0 bridgehead atoms. The fourth-order valence-corrected chi connectivity index (χ4v) is 3.41. The van der Waals surface area contributed by atoms with E-state index in [2.05, 4.69) is 22.6 Å². The van der Waals surface area contributed by atoms with Crippen LogP contribution in [0, 0.1) is 9.49 Å². The highest BCUT2D eigenvalue weighted by Gasteiger charge is 2.41. The molecule has 1 heterocycles. The van der Waals surface area contributed by atoms with Gasteiger partial charge in [-0.05, 0) is 73.8 Å². The van der Waals surface area contributed by atoms with Crippen LogP contribution in [0.1, 0.15) is 32.8 Å². The molecule has 6 heteroatoms. The summed E-state index contributed by atoms with van der Waals surface area (Å²) >= 11 is 2.28. The first-order valence-corrected chi connectivity index (χ1v) is 8.71. The van der Waals surface area contributed by atoms with Crippen LogP contribution < -0.4 is 0 Å². The second-order valence-electron chi connectivity index (χ2n) is 6.88. The number of amides is 1. The van der Waals surface area contributed by atoms with Crippen LogP contribution in [-0.2, 0) is 16.0 Å². The lowest BCUT2D eigenvalue weighted by molar-refractivity contribution is -0.142. The Balaban J connectivity index is 2.10. The number of rotatable bonds is 3. The quantitative estimate of drug-likeness (QED) is 0.744. The van der Waals surface area contributed by atoms with Gasteiger partial charge in [0.1, 0.15) is 11.6 Å². The largest absolute Gasteiger partial charge is 0.480 e. The maximum atomic E-state index is 12.3. The number of carboxylic acids is 1. The summed E-state index contributed by atoms with van der Waals surface area (Å²) in [5.41, 5.74) is 0.556. The zero-order valence-electron chi connectivity index (χ0n) is 13.6. The van der Waals surface area contributed by atoms with E-state index in [1.807, 2.05) is 24.3 Å². The predicted octanol–water partition coefficient (Wildman–Crippen LogP) is 3.54. The van der Waals surface area contributed by atoms with Crippen molar-refractivity contribution in [1.82, 2.24) is 4.90 Å². The van der Waals surface area contributed by atoms with E-state index in [1.165, 1.54) is 10.5 Å². The number of ether oxygens (including phenoxy) is 1. The van der Waals surface area contributed by atoms with Gasteiger partial charge in [-0.25, -0.2) is 9.59 Å². The highest BCUT2D eigenvalue weighted by molar-refractivity contribution is 14.1. The first-order valence-electron chi connectivity index (χ1n) is 7.63. The molecule has 0 unspecified atom stereocenters. The van der Waals surface area contributed by atoms with E-state index in [4.69, 9.17) is 4.74 Å². The fourth-order valence-electron chi connectivity index (χ4n) is 2.80. The molecule has 0 aromatic heterocycles. The molecule has 1 aromatic rings. The number of nitrogens with zero attached hydrogens (tertiary/aromatic N) is 1. The third-order valence-corrected chi connectivity index (χ3v) is 4.82. The number of carbonyl (C=O) groups excluding carboxylic acids is 1. The van der Waals surface area contributed by atoms with Gasteiger partial charge in [0.05, 0.1) is 0 Å². The number of likely N-dealkylation sites (tertiary alicyclic amines) is 1. The van der Waals surface area contributed by atoms with Gasteiger partial charge in [-0.2, -0.15) is 0 Å². The van der Waals surface area contributed by atoms with Gasteiger partial charge in [0.15, 0.2) is 0 Å². The Hall–Kier alpha value is -1.31. The van der Waals surface area contributed by atoms with Gasteiger partial charge in [0.25, 0.3) is 0 Å². The maximum absolute atomic E-state index is 12.3. The van der Waals surface area contributed by atoms with Crippen molar-refractivity contribution in [1.29, 1.82) is 0 Å². The normalized spacial score (nSPS) is 21.3. The molecule has 2 rings (SSSR count). The Morgan fingerprint density at radius 2 is 2.00 bits per heavy atom. The van der Waals surface area contributed by atoms with Crippen molar-refractivity contribution >= 4 is 34.7 Å². The number of halogens is 1. The van der Waals surface area contributed by atoms with Gasteiger partial charge in [0.2, 0.25) is 0 Å². The summed E-state index contributed by atoms with van der Waals surface area (Å²) < 4.78 is 6.51. The van der Waals surface area contributed by atoms with Crippen molar-refractivity contribution in [2.24, 2.45) is 5.92 Å². The van der Waals surface area contributed by atoms with Crippen molar-refractivity contribution in [3.63, 3.8) is 0 Å². The molecular formula is C17H22INO4. The van der Waals surface area contributed by atoms with Crippen molar-refractivity contribution in [3.05, 3.63) is 33.4 Å². The second-order valence-corrected chi connectivity index (χ2v) is 8.05. The lowest BCUT2D eigenvalue weighted by Gasteiger charge is -2.26. The zero-order valence-corrected chi connectivity index (χ0v) is 15.7. The summed E-state index contributed by atoms with van der Waals surface area (Å²) in [7, 11) is 0. The highest BCUT2D eigenvalue weighted by Crippen LogP contribution is 2.29. The van der Waals surface area contributed by atoms with Crippen molar-refractivity contribution in [3.8, 4) is 0 Å². The summed E-state index contributed by atoms with van der Waals surface area (Å²) in [5.74, 6) is -0.847. The molecule has 0 aliphatic carbocycles. The van der Waals surface area contributed by atoms with E-state index in [1.54, 1.807) is 20.8 Å². The standard InChI is InChI=1S/C17H22INO4/c1-17(2,3)23-16(22)19-10-11(9-14(19)15(20)21)8-12-6-4-5-7-13(12)18/h4-7,11,14H,8-10H2,1-3H3,(H,20,21)/t11-,14+/m1/s1. The molecular weight excluding hydrogens is 409 g/mol. The van der Waals surface area contributed by atoms with Crippen LogP contribution >= 0.6 is 22.6 Å². The van der Waals surface area contributed by atoms with E-state index in [9.17, 15) is 14.7 Å². The first kappa shape index (κ1) is 18.0. The Morgan fingerprint density at radius 3 is 2.57 bits per heavy atom. The summed E-state index contributed by atoms with van der Waals surface area (Å²) in [6.07, 6.45) is 0.678. The minimum atomic E-state index is -0.971. The smallest absolute Gasteiger partial charge is 0.411 e. The minimum absolute atomic E-state index is 0.125. The van der Waals surface area contributed by atoms with E-state index < -0.39 is 23.7 Å². The molecule has 23 heavy (non-hydrogen) atoms. The first-order chi connectivity index (χ1) is 10.7.